The summed E-state index contributed by atoms with van der Waals surface area (Å²) in [5.74, 6) is -1.62. The van der Waals surface area contributed by atoms with E-state index in [-0.39, 0.29) is 17.9 Å². The van der Waals surface area contributed by atoms with Gasteiger partial charge in [0.15, 0.2) is 11.5 Å². The molecule has 0 unspecified atom stereocenters. The van der Waals surface area contributed by atoms with Crippen LogP contribution in [0.15, 0.2) is 18.2 Å². The zero-order valence-electron chi connectivity index (χ0n) is 10.0. The molecule has 0 aliphatic rings. The van der Waals surface area contributed by atoms with Gasteiger partial charge in [-0.2, -0.15) is 8.42 Å². The van der Waals surface area contributed by atoms with Crippen molar-refractivity contribution < 1.29 is 33.1 Å². The Hall–Kier alpha value is -1.84. The highest BCUT2D eigenvalue weighted by molar-refractivity contribution is 7.85. The fourth-order valence-electron chi connectivity index (χ4n) is 1.04. The van der Waals surface area contributed by atoms with Crippen molar-refractivity contribution in [3.8, 4) is 11.5 Å². The van der Waals surface area contributed by atoms with Crippen LogP contribution in [0.2, 0.25) is 0 Å². The molecule has 1 rings (SSSR count). The Balaban J connectivity index is 0.000000555. The Morgan fingerprint density at radius 3 is 2.16 bits per heavy atom. The second-order valence-corrected chi connectivity index (χ2v) is 5.17. The van der Waals surface area contributed by atoms with Crippen LogP contribution in [-0.4, -0.2) is 46.6 Å². The summed E-state index contributed by atoms with van der Waals surface area (Å²) in [4.78, 5) is 10.4. The molecule has 1 aromatic rings. The molecule has 8 nitrogen and oxygen atoms in total. The Bertz CT molecular complexity index is 533. The van der Waals surface area contributed by atoms with E-state index < -0.39 is 22.1 Å². The predicted octanol–water partition coefficient (Wildman–Crippen LogP) is -0.444. The highest BCUT2D eigenvalue weighted by Crippen LogP contribution is 2.25. The van der Waals surface area contributed by atoms with Crippen LogP contribution in [-0.2, 0) is 21.3 Å². The summed E-state index contributed by atoms with van der Waals surface area (Å²) in [5, 5.41) is 26.6. The maximum Gasteiger partial charge on any atom is 0.320 e. The standard InChI is InChI=1S/C9H11NO4.CH4O3S/c10-6(9(13)14)3-5-1-2-7(11)8(12)4-5;1-5(2,3)4/h1-2,4,6,11-12H,3,10H2,(H,13,14);1H3,(H,2,3,4)/t6-;/m1./s1. The maximum absolute atomic E-state index is 10.4. The zero-order chi connectivity index (χ0) is 15.2. The molecule has 0 radical (unpaired) electrons. The summed E-state index contributed by atoms with van der Waals surface area (Å²) in [6, 6.07) is 3.09. The van der Waals surface area contributed by atoms with Gasteiger partial charge in [0.1, 0.15) is 6.04 Å². The van der Waals surface area contributed by atoms with Crippen LogP contribution in [0.1, 0.15) is 5.56 Å². The highest BCUT2D eigenvalue weighted by atomic mass is 32.2. The molecule has 0 spiro atoms. The molecule has 0 aromatic heterocycles. The van der Waals surface area contributed by atoms with E-state index >= 15 is 0 Å². The van der Waals surface area contributed by atoms with E-state index in [0.29, 0.717) is 11.8 Å². The average Bonchev–Trinajstić information content (AvgIpc) is 2.21. The fourth-order valence-corrected chi connectivity index (χ4v) is 1.04. The number of hydrogen-bond donors (Lipinski definition) is 5. The minimum atomic E-state index is -3.67. The molecule has 0 amide bonds. The minimum absolute atomic E-state index is 0.114. The monoisotopic (exact) mass is 293 g/mol. The number of carboxylic acids is 1. The van der Waals surface area contributed by atoms with Gasteiger partial charge in [0.25, 0.3) is 10.1 Å². The van der Waals surface area contributed by atoms with Gasteiger partial charge in [-0.3, -0.25) is 9.35 Å². The molecule has 1 aromatic carbocycles. The lowest BCUT2D eigenvalue weighted by molar-refractivity contribution is -0.138. The van der Waals surface area contributed by atoms with Crippen molar-refractivity contribution >= 4 is 16.1 Å². The largest absolute Gasteiger partial charge is 0.504 e. The third kappa shape index (κ3) is 8.83. The van der Waals surface area contributed by atoms with E-state index in [1.54, 1.807) is 0 Å². The lowest BCUT2D eigenvalue weighted by atomic mass is 10.1. The third-order valence-corrected chi connectivity index (χ3v) is 1.81. The molecule has 0 saturated carbocycles. The molecule has 1 atom stereocenters. The number of rotatable bonds is 3. The highest BCUT2D eigenvalue weighted by Gasteiger charge is 2.12. The van der Waals surface area contributed by atoms with Gasteiger partial charge in [-0.15, -0.1) is 0 Å². The van der Waals surface area contributed by atoms with E-state index in [1.165, 1.54) is 18.2 Å². The second-order valence-electron chi connectivity index (χ2n) is 3.70. The normalized spacial score (nSPS) is 12.2. The van der Waals surface area contributed by atoms with Gasteiger partial charge in [0.05, 0.1) is 6.26 Å². The molecule has 9 heteroatoms. The molecule has 6 N–H and O–H groups in total. The van der Waals surface area contributed by atoms with Crippen molar-refractivity contribution in [2.45, 2.75) is 12.5 Å². The summed E-state index contributed by atoms with van der Waals surface area (Å²) in [5.41, 5.74) is 5.86. The summed E-state index contributed by atoms with van der Waals surface area (Å²) in [6.07, 6.45) is 0.830. The fraction of sp³-hybridized carbons (Fsp3) is 0.300. The van der Waals surface area contributed by atoms with E-state index in [2.05, 4.69) is 0 Å². The number of aliphatic carboxylic acids is 1. The van der Waals surface area contributed by atoms with E-state index in [0.717, 1.165) is 0 Å². The molecule has 0 fully saturated rings. The molecule has 0 aliphatic carbocycles. The van der Waals surface area contributed by atoms with Crippen molar-refractivity contribution in [3.05, 3.63) is 23.8 Å². The maximum atomic E-state index is 10.4. The van der Waals surface area contributed by atoms with Gasteiger partial charge in [-0.05, 0) is 24.1 Å². The third-order valence-electron chi connectivity index (χ3n) is 1.81. The zero-order valence-corrected chi connectivity index (χ0v) is 10.8. The van der Waals surface area contributed by atoms with E-state index in [1.807, 2.05) is 0 Å². The molecule has 19 heavy (non-hydrogen) atoms. The number of nitrogens with two attached hydrogens (primary N) is 1. The van der Waals surface area contributed by atoms with Crippen molar-refractivity contribution in [1.82, 2.24) is 0 Å². The summed E-state index contributed by atoms with van der Waals surface area (Å²) >= 11 is 0. The average molecular weight is 293 g/mol. The number of carboxylic acid groups (broad SMARTS) is 1. The Labute approximate surface area is 109 Å². The quantitative estimate of drug-likeness (QED) is 0.370. The number of benzene rings is 1. The smallest absolute Gasteiger partial charge is 0.320 e. The van der Waals surface area contributed by atoms with Gasteiger partial charge >= 0.3 is 5.97 Å². The lowest BCUT2D eigenvalue weighted by Crippen LogP contribution is -2.32. The van der Waals surface area contributed by atoms with Crippen LogP contribution >= 0.6 is 0 Å². The molecule has 0 bridgehead atoms. The first-order chi connectivity index (χ1) is 8.50. The van der Waals surface area contributed by atoms with Crippen LogP contribution in [0, 0.1) is 0 Å². The first-order valence-electron chi connectivity index (χ1n) is 4.92. The summed E-state index contributed by atoms with van der Waals surface area (Å²) < 4.78 is 25.9. The lowest BCUT2D eigenvalue weighted by Gasteiger charge is -2.06. The van der Waals surface area contributed by atoms with E-state index in [9.17, 15) is 13.2 Å². The van der Waals surface area contributed by atoms with Crippen molar-refractivity contribution in [3.63, 3.8) is 0 Å². The second kappa shape index (κ2) is 6.92. The first kappa shape index (κ1) is 17.2. The van der Waals surface area contributed by atoms with Gasteiger partial charge in [0, 0.05) is 0 Å². The van der Waals surface area contributed by atoms with Crippen LogP contribution in [0.4, 0.5) is 0 Å². The first-order valence-corrected chi connectivity index (χ1v) is 6.77. The number of phenols is 2. The summed E-state index contributed by atoms with van der Waals surface area (Å²) in [7, 11) is -3.67. The van der Waals surface area contributed by atoms with Crippen LogP contribution in [0.25, 0.3) is 0 Å². The van der Waals surface area contributed by atoms with Crippen LogP contribution in [0.5, 0.6) is 11.5 Å². The number of aromatic hydroxyl groups is 2. The Morgan fingerprint density at radius 1 is 1.32 bits per heavy atom. The Kier molecular flexibility index (Phi) is 6.25. The Morgan fingerprint density at radius 2 is 1.79 bits per heavy atom. The van der Waals surface area contributed by atoms with E-state index in [4.69, 9.17) is 25.6 Å². The molecule has 0 heterocycles. The molecule has 108 valence electrons. The minimum Gasteiger partial charge on any atom is -0.504 e. The van der Waals surface area contributed by atoms with Gasteiger partial charge in [0.2, 0.25) is 0 Å². The van der Waals surface area contributed by atoms with Crippen LogP contribution < -0.4 is 5.73 Å². The SMILES string of the molecule is CS(=O)(=O)O.N[C@H](Cc1ccc(O)c(O)c1)C(=O)O. The van der Waals surface area contributed by atoms with Gasteiger partial charge in [-0.1, -0.05) is 6.07 Å². The number of hydrogen-bond acceptors (Lipinski definition) is 6. The van der Waals surface area contributed by atoms with Gasteiger partial charge < -0.3 is 21.1 Å². The van der Waals surface area contributed by atoms with Crippen LogP contribution in [0.3, 0.4) is 0 Å². The number of phenolic OH excluding ortho intramolecular Hbond substituents is 2. The van der Waals surface area contributed by atoms with Crippen molar-refractivity contribution in [1.29, 1.82) is 0 Å². The predicted molar refractivity (Wildman–Crippen MR) is 66.6 cm³/mol. The van der Waals surface area contributed by atoms with Gasteiger partial charge in [-0.25, -0.2) is 0 Å². The number of carbonyl (C=O) groups is 1. The molecule has 0 aliphatic heterocycles. The van der Waals surface area contributed by atoms with Crippen molar-refractivity contribution in [2.24, 2.45) is 5.73 Å². The van der Waals surface area contributed by atoms with Crippen molar-refractivity contribution in [2.75, 3.05) is 6.26 Å². The molecular weight excluding hydrogens is 278 g/mol. The topological polar surface area (TPSA) is 158 Å². The molecule has 0 saturated heterocycles. The summed E-state index contributed by atoms with van der Waals surface area (Å²) in [6.45, 7) is 0. The molecular formula is C10H15NO7S.